The van der Waals surface area contributed by atoms with Crippen LogP contribution in [0.1, 0.15) is 27.1 Å². The molecule has 21 heavy (non-hydrogen) atoms. The standard InChI is InChI=1S/C15H11BrO5/c16-12-11(7-8(5-6-17)15(20)21)13(18)9-3-1-2-4-10(9)14(12)19/h1-4,7,17H,5-6H2,(H,20,21)/b8-7+. The van der Waals surface area contributed by atoms with Crippen LogP contribution in [0.15, 0.2) is 46.0 Å². The van der Waals surface area contributed by atoms with Crippen LogP contribution in [0.4, 0.5) is 0 Å². The molecular formula is C15H11BrO5. The number of ketones is 2. The first-order valence-electron chi connectivity index (χ1n) is 6.10. The molecule has 5 nitrogen and oxygen atoms in total. The molecule has 0 aromatic heterocycles. The van der Waals surface area contributed by atoms with Crippen molar-refractivity contribution in [2.45, 2.75) is 6.42 Å². The van der Waals surface area contributed by atoms with Crippen LogP contribution >= 0.6 is 15.9 Å². The van der Waals surface area contributed by atoms with Crippen LogP contribution in [-0.2, 0) is 4.79 Å². The third kappa shape index (κ3) is 2.86. The van der Waals surface area contributed by atoms with E-state index in [1.54, 1.807) is 18.2 Å². The van der Waals surface area contributed by atoms with Crippen molar-refractivity contribution < 1.29 is 24.6 Å². The number of Topliss-reactive ketones (excluding diaryl/α,β-unsaturated/α-hetero) is 2. The monoisotopic (exact) mass is 350 g/mol. The molecule has 0 fully saturated rings. The summed E-state index contributed by atoms with van der Waals surface area (Å²) in [4.78, 5) is 35.7. The summed E-state index contributed by atoms with van der Waals surface area (Å²) in [5, 5.41) is 17.9. The number of aliphatic carboxylic acids is 1. The lowest BCUT2D eigenvalue weighted by Crippen LogP contribution is -2.19. The fourth-order valence-electron chi connectivity index (χ4n) is 2.03. The number of benzene rings is 1. The molecule has 0 heterocycles. The molecule has 1 aliphatic carbocycles. The molecule has 2 N–H and O–H groups in total. The summed E-state index contributed by atoms with van der Waals surface area (Å²) in [5.74, 6) is -2.03. The molecule has 0 aliphatic heterocycles. The molecule has 0 amide bonds. The molecule has 0 unspecified atom stereocenters. The predicted molar refractivity (Wildman–Crippen MR) is 78.5 cm³/mol. The summed E-state index contributed by atoms with van der Waals surface area (Å²) in [6.07, 6.45) is 1.03. The second-order valence-corrected chi connectivity index (χ2v) is 5.17. The highest BCUT2D eigenvalue weighted by atomic mass is 79.9. The van der Waals surface area contributed by atoms with Crippen molar-refractivity contribution in [3.63, 3.8) is 0 Å². The van der Waals surface area contributed by atoms with Crippen LogP contribution in [0, 0.1) is 0 Å². The molecule has 1 aromatic carbocycles. The van der Waals surface area contributed by atoms with Crippen molar-refractivity contribution in [1.29, 1.82) is 0 Å². The van der Waals surface area contributed by atoms with E-state index in [4.69, 9.17) is 10.2 Å². The summed E-state index contributed by atoms with van der Waals surface area (Å²) in [5.41, 5.74) is 0.380. The lowest BCUT2D eigenvalue weighted by atomic mass is 9.88. The van der Waals surface area contributed by atoms with Gasteiger partial charge in [-0.3, -0.25) is 9.59 Å². The van der Waals surface area contributed by atoms with E-state index in [0.29, 0.717) is 0 Å². The third-order valence-corrected chi connectivity index (χ3v) is 3.86. The average Bonchev–Trinajstić information content (AvgIpc) is 2.48. The second-order valence-electron chi connectivity index (χ2n) is 4.38. The predicted octanol–water partition coefficient (Wildman–Crippen LogP) is 2.11. The summed E-state index contributed by atoms with van der Waals surface area (Å²) in [7, 11) is 0. The van der Waals surface area contributed by atoms with Gasteiger partial charge in [0, 0.05) is 35.3 Å². The number of rotatable bonds is 4. The zero-order valence-corrected chi connectivity index (χ0v) is 12.4. The van der Waals surface area contributed by atoms with Crippen LogP contribution in [0.3, 0.4) is 0 Å². The van der Waals surface area contributed by atoms with Crippen LogP contribution in [0.2, 0.25) is 0 Å². The zero-order chi connectivity index (χ0) is 15.6. The molecule has 1 aliphatic rings. The Hall–Kier alpha value is -2.05. The Balaban J connectivity index is 2.57. The van der Waals surface area contributed by atoms with Crippen molar-refractivity contribution in [1.82, 2.24) is 0 Å². The minimum absolute atomic E-state index is 0.00968. The quantitative estimate of drug-likeness (QED) is 0.811. The van der Waals surface area contributed by atoms with Crippen molar-refractivity contribution in [2.24, 2.45) is 0 Å². The Labute approximate surface area is 128 Å². The highest BCUT2D eigenvalue weighted by Gasteiger charge is 2.30. The number of aliphatic hydroxyl groups is 1. The largest absolute Gasteiger partial charge is 0.478 e. The maximum atomic E-state index is 12.4. The smallest absolute Gasteiger partial charge is 0.331 e. The van der Waals surface area contributed by atoms with E-state index in [1.807, 2.05) is 0 Å². The highest BCUT2D eigenvalue weighted by molar-refractivity contribution is 9.12. The number of carbonyl (C=O) groups is 3. The fraction of sp³-hybridized carbons (Fsp3) is 0.133. The van der Waals surface area contributed by atoms with Gasteiger partial charge in [-0.05, 0) is 22.0 Å². The molecule has 0 bridgehead atoms. The third-order valence-electron chi connectivity index (χ3n) is 3.07. The van der Waals surface area contributed by atoms with Crippen LogP contribution < -0.4 is 0 Å². The van der Waals surface area contributed by atoms with Gasteiger partial charge in [0.1, 0.15) is 0 Å². The van der Waals surface area contributed by atoms with Gasteiger partial charge in [0.05, 0.1) is 4.48 Å². The van der Waals surface area contributed by atoms with Crippen molar-refractivity contribution in [2.75, 3.05) is 6.61 Å². The Morgan fingerprint density at radius 3 is 2.24 bits per heavy atom. The number of halogens is 1. The summed E-state index contributed by atoms with van der Waals surface area (Å²) in [6, 6.07) is 6.36. The number of hydrogen-bond donors (Lipinski definition) is 2. The number of aliphatic hydroxyl groups excluding tert-OH is 1. The van der Waals surface area contributed by atoms with E-state index in [-0.39, 0.29) is 45.6 Å². The van der Waals surface area contributed by atoms with E-state index < -0.39 is 11.8 Å². The van der Waals surface area contributed by atoms with E-state index in [2.05, 4.69) is 15.9 Å². The number of carboxylic acid groups (broad SMARTS) is 1. The molecule has 0 spiro atoms. The Kier molecular flexibility index (Phi) is 4.50. The minimum Gasteiger partial charge on any atom is -0.478 e. The molecular weight excluding hydrogens is 340 g/mol. The van der Waals surface area contributed by atoms with Crippen LogP contribution in [0.25, 0.3) is 0 Å². The lowest BCUT2D eigenvalue weighted by molar-refractivity contribution is -0.132. The maximum absolute atomic E-state index is 12.4. The van der Waals surface area contributed by atoms with Gasteiger partial charge >= 0.3 is 5.97 Å². The van der Waals surface area contributed by atoms with E-state index in [9.17, 15) is 14.4 Å². The van der Waals surface area contributed by atoms with Crippen molar-refractivity contribution in [3.8, 4) is 0 Å². The number of hydrogen-bond acceptors (Lipinski definition) is 4. The molecule has 1 aromatic rings. The van der Waals surface area contributed by atoms with Gasteiger partial charge in [-0.2, -0.15) is 0 Å². The topological polar surface area (TPSA) is 91.7 Å². The summed E-state index contributed by atoms with van der Waals surface area (Å²) in [6.45, 7) is -0.359. The average molecular weight is 351 g/mol. The first-order chi connectivity index (χ1) is 9.97. The van der Waals surface area contributed by atoms with Gasteiger partial charge in [0.25, 0.3) is 0 Å². The maximum Gasteiger partial charge on any atom is 0.331 e. The van der Waals surface area contributed by atoms with E-state index in [0.717, 1.165) is 6.08 Å². The van der Waals surface area contributed by atoms with Gasteiger partial charge in [-0.15, -0.1) is 0 Å². The summed E-state index contributed by atoms with van der Waals surface area (Å²) < 4.78 is 0.0305. The van der Waals surface area contributed by atoms with Crippen LogP contribution in [-0.4, -0.2) is 34.4 Å². The highest BCUT2D eigenvalue weighted by Crippen LogP contribution is 2.31. The van der Waals surface area contributed by atoms with Gasteiger partial charge in [0.15, 0.2) is 5.78 Å². The molecule has 108 valence electrons. The molecule has 2 rings (SSSR count). The van der Waals surface area contributed by atoms with Gasteiger partial charge in [0.2, 0.25) is 5.78 Å². The lowest BCUT2D eigenvalue weighted by Gasteiger charge is -2.16. The molecule has 0 saturated carbocycles. The van der Waals surface area contributed by atoms with Gasteiger partial charge in [-0.25, -0.2) is 4.79 Å². The Morgan fingerprint density at radius 1 is 1.14 bits per heavy atom. The van der Waals surface area contributed by atoms with E-state index >= 15 is 0 Å². The number of carboxylic acids is 1. The number of carbonyl (C=O) groups excluding carboxylic acids is 2. The number of allylic oxidation sites excluding steroid dienone is 3. The van der Waals surface area contributed by atoms with Gasteiger partial charge in [-0.1, -0.05) is 24.3 Å². The molecule has 6 heteroatoms. The molecule has 0 saturated heterocycles. The van der Waals surface area contributed by atoms with E-state index in [1.165, 1.54) is 6.07 Å². The molecule has 0 atom stereocenters. The Morgan fingerprint density at radius 2 is 1.71 bits per heavy atom. The van der Waals surface area contributed by atoms with Crippen LogP contribution in [0.5, 0.6) is 0 Å². The molecule has 0 radical (unpaired) electrons. The summed E-state index contributed by atoms with van der Waals surface area (Å²) >= 11 is 3.07. The second kappa shape index (κ2) is 6.15. The first kappa shape index (κ1) is 15.3. The Bertz CT molecular complexity index is 700. The van der Waals surface area contributed by atoms with Crippen molar-refractivity contribution in [3.05, 3.63) is 57.1 Å². The van der Waals surface area contributed by atoms with Gasteiger partial charge < -0.3 is 10.2 Å². The normalized spacial score (nSPS) is 15.2. The number of fused-ring (bicyclic) bond motifs is 1. The SMILES string of the molecule is O=C(O)/C(=C/C1=C(Br)C(=O)c2ccccc2C1=O)CCO. The zero-order valence-electron chi connectivity index (χ0n) is 10.8. The minimum atomic E-state index is -1.24. The fourth-order valence-corrected chi connectivity index (χ4v) is 2.54. The first-order valence-corrected chi connectivity index (χ1v) is 6.89. The van der Waals surface area contributed by atoms with Crippen molar-refractivity contribution >= 4 is 33.5 Å².